The predicted molar refractivity (Wildman–Crippen MR) is 48.6 cm³/mol. The fourth-order valence-corrected chi connectivity index (χ4v) is 0.957. The maximum atomic E-state index is 11.0. The minimum absolute atomic E-state index is 0.363. The summed E-state index contributed by atoms with van der Waals surface area (Å²) in [5.41, 5.74) is 0.966. The lowest BCUT2D eigenvalue weighted by Crippen LogP contribution is -2.14. The van der Waals surface area contributed by atoms with Gasteiger partial charge in [0.05, 0.1) is 12.8 Å². The number of aryl methyl sites for hydroxylation is 1. The van der Waals surface area contributed by atoms with E-state index in [0.29, 0.717) is 12.4 Å². The highest BCUT2D eigenvalue weighted by Gasteiger charge is 2.06. The first-order valence-electron chi connectivity index (χ1n) is 4.24. The number of aromatic amines is 1. The Morgan fingerprint density at radius 1 is 1.69 bits per heavy atom. The van der Waals surface area contributed by atoms with Gasteiger partial charge in [0.25, 0.3) is 0 Å². The molecule has 1 amide bonds. The summed E-state index contributed by atoms with van der Waals surface area (Å²) in [5.74, 6) is 0.612. The summed E-state index contributed by atoms with van der Waals surface area (Å²) in [5, 5.41) is 9.06. The second-order valence-electron chi connectivity index (χ2n) is 2.47. The number of aromatic nitrogens is 2. The number of rotatable bonds is 3. The Balaban J connectivity index is 2.57. The molecule has 13 heavy (non-hydrogen) atoms. The maximum absolute atomic E-state index is 11.0. The highest BCUT2D eigenvalue weighted by atomic mass is 16.5. The van der Waals surface area contributed by atoms with Crippen LogP contribution in [0.3, 0.4) is 0 Å². The van der Waals surface area contributed by atoms with Gasteiger partial charge in [-0.3, -0.25) is 10.4 Å². The number of H-pyrrole nitrogens is 1. The minimum atomic E-state index is -0.457. The van der Waals surface area contributed by atoms with Gasteiger partial charge in [-0.25, -0.2) is 4.79 Å². The average Bonchev–Trinajstić information content (AvgIpc) is 2.52. The topological polar surface area (TPSA) is 67.0 Å². The van der Waals surface area contributed by atoms with Crippen molar-refractivity contribution in [3.63, 3.8) is 0 Å². The third-order valence-electron chi connectivity index (χ3n) is 1.60. The number of nitrogens with one attached hydrogen (secondary N) is 2. The molecule has 5 nitrogen and oxygen atoms in total. The van der Waals surface area contributed by atoms with Gasteiger partial charge in [-0.05, 0) is 13.3 Å². The number of anilines is 1. The van der Waals surface area contributed by atoms with Gasteiger partial charge in [-0.1, -0.05) is 6.92 Å². The molecule has 1 aromatic rings. The van der Waals surface area contributed by atoms with Crippen molar-refractivity contribution in [3.05, 3.63) is 11.8 Å². The van der Waals surface area contributed by atoms with Crippen LogP contribution in [0.15, 0.2) is 6.20 Å². The van der Waals surface area contributed by atoms with Crippen molar-refractivity contribution in [2.75, 3.05) is 11.9 Å². The normalized spacial score (nSPS) is 9.69. The molecule has 1 heterocycles. The van der Waals surface area contributed by atoms with Crippen LogP contribution >= 0.6 is 0 Å². The summed E-state index contributed by atoms with van der Waals surface area (Å²) in [6.07, 6.45) is 2.04. The van der Waals surface area contributed by atoms with Crippen molar-refractivity contribution < 1.29 is 9.53 Å². The summed E-state index contributed by atoms with van der Waals surface area (Å²) in [4.78, 5) is 11.0. The molecule has 0 radical (unpaired) electrons. The van der Waals surface area contributed by atoms with Crippen LogP contribution in [-0.2, 0) is 11.2 Å². The quantitative estimate of drug-likeness (QED) is 0.746. The smallest absolute Gasteiger partial charge is 0.412 e. The molecule has 0 saturated carbocycles. The molecular formula is C8H13N3O2. The van der Waals surface area contributed by atoms with E-state index in [1.807, 2.05) is 6.92 Å². The molecule has 2 N–H and O–H groups in total. The van der Waals surface area contributed by atoms with Crippen LogP contribution in [0.25, 0.3) is 0 Å². The lowest BCUT2D eigenvalue weighted by atomic mass is 10.2. The standard InChI is InChI=1S/C8H13N3O2/c1-3-6-5-9-11-7(6)10-8(12)13-4-2/h5H,3-4H2,1-2H3,(H2,9,10,11,12). The Kier molecular flexibility index (Phi) is 3.31. The largest absolute Gasteiger partial charge is 0.450 e. The number of hydrogen-bond acceptors (Lipinski definition) is 3. The number of carbonyl (C=O) groups excluding carboxylic acids is 1. The first kappa shape index (κ1) is 9.57. The van der Waals surface area contributed by atoms with E-state index in [1.165, 1.54) is 0 Å². The van der Waals surface area contributed by atoms with E-state index in [-0.39, 0.29) is 0 Å². The van der Waals surface area contributed by atoms with Gasteiger partial charge in [0.1, 0.15) is 5.82 Å². The fourth-order valence-electron chi connectivity index (χ4n) is 0.957. The Hall–Kier alpha value is -1.52. The molecule has 0 unspecified atom stereocenters. The van der Waals surface area contributed by atoms with E-state index in [9.17, 15) is 4.79 Å². The van der Waals surface area contributed by atoms with E-state index in [1.54, 1.807) is 13.1 Å². The van der Waals surface area contributed by atoms with Crippen LogP contribution in [0.4, 0.5) is 10.6 Å². The van der Waals surface area contributed by atoms with Gasteiger partial charge in [-0.15, -0.1) is 0 Å². The molecule has 0 atom stereocenters. The van der Waals surface area contributed by atoms with Gasteiger partial charge < -0.3 is 4.74 Å². The van der Waals surface area contributed by atoms with E-state index >= 15 is 0 Å². The number of amides is 1. The van der Waals surface area contributed by atoms with Crippen LogP contribution in [0.5, 0.6) is 0 Å². The summed E-state index contributed by atoms with van der Waals surface area (Å²) in [7, 11) is 0. The molecule has 0 fully saturated rings. The van der Waals surface area contributed by atoms with Crippen LogP contribution in [0, 0.1) is 0 Å². The average molecular weight is 183 g/mol. The first-order valence-corrected chi connectivity index (χ1v) is 4.24. The van der Waals surface area contributed by atoms with Gasteiger partial charge in [0.2, 0.25) is 0 Å². The lowest BCUT2D eigenvalue weighted by molar-refractivity contribution is 0.168. The molecule has 0 spiro atoms. The van der Waals surface area contributed by atoms with Gasteiger partial charge in [0, 0.05) is 5.56 Å². The van der Waals surface area contributed by atoms with E-state index in [4.69, 9.17) is 4.74 Å². The summed E-state index contributed by atoms with van der Waals surface area (Å²) < 4.78 is 4.72. The van der Waals surface area contributed by atoms with Crippen LogP contribution < -0.4 is 5.32 Å². The summed E-state index contributed by atoms with van der Waals surface area (Å²) in [6.45, 7) is 4.11. The van der Waals surface area contributed by atoms with E-state index < -0.39 is 6.09 Å². The van der Waals surface area contributed by atoms with Crippen molar-refractivity contribution in [1.29, 1.82) is 0 Å². The zero-order valence-corrected chi connectivity index (χ0v) is 7.76. The molecule has 0 aromatic carbocycles. The van der Waals surface area contributed by atoms with Crippen LogP contribution in [-0.4, -0.2) is 22.9 Å². The third-order valence-corrected chi connectivity index (χ3v) is 1.60. The Morgan fingerprint density at radius 3 is 3.08 bits per heavy atom. The molecule has 1 aromatic heterocycles. The van der Waals surface area contributed by atoms with Crippen molar-refractivity contribution in [3.8, 4) is 0 Å². The van der Waals surface area contributed by atoms with Crippen molar-refractivity contribution >= 4 is 11.9 Å². The van der Waals surface area contributed by atoms with Crippen LogP contribution in [0.2, 0.25) is 0 Å². The molecular weight excluding hydrogens is 170 g/mol. The van der Waals surface area contributed by atoms with Crippen molar-refractivity contribution in [1.82, 2.24) is 10.2 Å². The second-order valence-corrected chi connectivity index (χ2v) is 2.47. The molecule has 1 rings (SSSR count). The monoisotopic (exact) mass is 183 g/mol. The number of hydrogen-bond donors (Lipinski definition) is 2. The zero-order chi connectivity index (χ0) is 9.68. The first-order chi connectivity index (χ1) is 6.27. The van der Waals surface area contributed by atoms with Gasteiger partial charge in [0.15, 0.2) is 0 Å². The third kappa shape index (κ3) is 2.47. The fraction of sp³-hybridized carbons (Fsp3) is 0.500. The minimum Gasteiger partial charge on any atom is -0.450 e. The van der Waals surface area contributed by atoms with E-state index in [0.717, 1.165) is 12.0 Å². The van der Waals surface area contributed by atoms with Crippen LogP contribution in [0.1, 0.15) is 19.4 Å². The predicted octanol–water partition coefficient (Wildman–Crippen LogP) is 1.54. The highest BCUT2D eigenvalue weighted by Crippen LogP contribution is 2.10. The van der Waals surface area contributed by atoms with Crippen molar-refractivity contribution in [2.45, 2.75) is 20.3 Å². The number of ether oxygens (including phenoxy) is 1. The maximum Gasteiger partial charge on any atom is 0.412 e. The molecule has 0 aliphatic rings. The molecule has 72 valence electrons. The molecule has 0 aliphatic heterocycles. The number of nitrogens with zero attached hydrogens (tertiary/aromatic N) is 1. The SMILES string of the molecule is CCOC(=O)Nc1[nH]ncc1CC. The summed E-state index contributed by atoms with van der Waals surface area (Å²) in [6, 6.07) is 0. The molecule has 5 heteroatoms. The Morgan fingerprint density at radius 2 is 2.46 bits per heavy atom. The highest BCUT2D eigenvalue weighted by molar-refractivity contribution is 5.84. The lowest BCUT2D eigenvalue weighted by Gasteiger charge is -2.03. The number of carbonyl (C=O) groups is 1. The molecule has 0 bridgehead atoms. The Bertz CT molecular complexity index is 283. The summed E-state index contributed by atoms with van der Waals surface area (Å²) >= 11 is 0. The van der Waals surface area contributed by atoms with Gasteiger partial charge >= 0.3 is 6.09 Å². The van der Waals surface area contributed by atoms with Crippen molar-refractivity contribution in [2.24, 2.45) is 0 Å². The Labute approximate surface area is 76.5 Å². The second kappa shape index (κ2) is 4.49. The molecule has 0 aliphatic carbocycles. The van der Waals surface area contributed by atoms with E-state index in [2.05, 4.69) is 15.5 Å². The zero-order valence-electron chi connectivity index (χ0n) is 7.76. The van der Waals surface area contributed by atoms with Gasteiger partial charge in [-0.2, -0.15) is 5.10 Å². The molecule has 0 saturated heterocycles.